The summed E-state index contributed by atoms with van der Waals surface area (Å²) in [6.07, 6.45) is 0.973. The smallest absolute Gasteiger partial charge is 0.291 e. The Morgan fingerprint density at radius 1 is 1.00 bits per heavy atom. The lowest BCUT2D eigenvalue weighted by Crippen LogP contribution is -2.30. The number of anilines is 2. The van der Waals surface area contributed by atoms with Crippen LogP contribution < -0.4 is 10.2 Å². The summed E-state index contributed by atoms with van der Waals surface area (Å²) >= 11 is 0. The van der Waals surface area contributed by atoms with Gasteiger partial charge in [-0.1, -0.05) is 0 Å². The van der Waals surface area contributed by atoms with E-state index in [0.717, 1.165) is 59.5 Å². The molecule has 1 atom stereocenters. The minimum atomic E-state index is -0.180. The number of rotatable bonds is 4. The monoisotopic (exact) mass is 383 g/mol. The molecule has 0 radical (unpaired) electrons. The highest BCUT2D eigenvalue weighted by molar-refractivity contribution is 5.90. The van der Waals surface area contributed by atoms with Crippen molar-refractivity contribution in [2.75, 3.05) is 37.4 Å². The molecule has 1 saturated heterocycles. The van der Waals surface area contributed by atoms with Gasteiger partial charge in [-0.2, -0.15) is 0 Å². The molecule has 8 heteroatoms. The zero-order valence-corrected chi connectivity index (χ0v) is 17.8. The molecule has 2 aromatic heterocycles. The number of nitrogens with one attached hydrogen (secondary N) is 1. The highest BCUT2D eigenvalue weighted by Gasteiger charge is 2.27. The number of aryl methyl sites for hydroxylation is 3. The van der Waals surface area contributed by atoms with Crippen LogP contribution in [0.25, 0.3) is 0 Å². The van der Waals surface area contributed by atoms with Gasteiger partial charge >= 0.3 is 0 Å². The van der Waals surface area contributed by atoms with Crippen molar-refractivity contribution < 1.29 is 4.79 Å². The third-order valence-corrected chi connectivity index (χ3v) is 5.29. The zero-order valence-electron chi connectivity index (χ0n) is 17.8. The summed E-state index contributed by atoms with van der Waals surface area (Å²) in [5.74, 6) is 2.58. The molecule has 0 aliphatic carbocycles. The van der Waals surface area contributed by atoms with Crippen LogP contribution in [0.15, 0.2) is 0 Å². The predicted molar refractivity (Wildman–Crippen MR) is 110 cm³/mol. The molecule has 1 fully saturated rings. The van der Waals surface area contributed by atoms with Gasteiger partial charge in [0.05, 0.1) is 0 Å². The quantitative estimate of drug-likeness (QED) is 0.866. The van der Waals surface area contributed by atoms with Crippen LogP contribution in [0.5, 0.6) is 0 Å². The topological polar surface area (TPSA) is 87.1 Å². The Labute approximate surface area is 166 Å². The van der Waals surface area contributed by atoms with Crippen molar-refractivity contribution in [1.82, 2.24) is 24.8 Å². The molecule has 3 rings (SSSR count). The van der Waals surface area contributed by atoms with E-state index in [9.17, 15) is 4.79 Å². The van der Waals surface area contributed by atoms with E-state index in [0.29, 0.717) is 0 Å². The number of nitrogens with zero attached hydrogens (tertiary/aromatic N) is 6. The van der Waals surface area contributed by atoms with Gasteiger partial charge in [0, 0.05) is 55.7 Å². The van der Waals surface area contributed by atoms with Crippen LogP contribution in [0.1, 0.15) is 45.4 Å². The van der Waals surface area contributed by atoms with Crippen LogP contribution in [-0.4, -0.2) is 64.0 Å². The molecule has 1 N–H and O–H groups in total. The van der Waals surface area contributed by atoms with E-state index in [1.807, 2.05) is 34.6 Å². The molecule has 28 heavy (non-hydrogen) atoms. The summed E-state index contributed by atoms with van der Waals surface area (Å²) in [5, 5.41) is 3.57. The Bertz CT molecular complexity index is 910. The van der Waals surface area contributed by atoms with Crippen molar-refractivity contribution in [3.63, 3.8) is 0 Å². The largest absolute Gasteiger partial charge is 0.365 e. The van der Waals surface area contributed by atoms with E-state index >= 15 is 0 Å². The average Bonchev–Trinajstić information content (AvgIpc) is 3.09. The lowest BCUT2D eigenvalue weighted by molar-refractivity contribution is 0.0815. The first-order chi connectivity index (χ1) is 13.2. The summed E-state index contributed by atoms with van der Waals surface area (Å²) in [6, 6.07) is 0.259. The van der Waals surface area contributed by atoms with E-state index in [-0.39, 0.29) is 17.8 Å². The van der Waals surface area contributed by atoms with Gasteiger partial charge in [-0.05, 0) is 41.0 Å². The average molecular weight is 384 g/mol. The van der Waals surface area contributed by atoms with E-state index in [2.05, 4.69) is 30.2 Å². The molecule has 0 unspecified atom stereocenters. The fourth-order valence-electron chi connectivity index (χ4n) is 3.39. The van der Waals surface area contributed by atoms with Crippen molar-refractivity contribution >= 4 is 17.5 Å². The first-order valence-electron chi connectivity index (χ1n) is 9.57. The van der Waals surface area contributed by atoms with E-state index in [4.69, 9.17) is 0 Å². The maximum absolute atomic E-state index is 12.3. The summed E-state index contributed by atoms with van der Waals surface area (Å²) in [4.78, 5) is 34.0. The third-order valence-electron chi connectivity index (χ3n) is 5.29. The predicted octanol–water partition coefficient (Wildman–Crippen LogP) is 2.20. The van der Waals surface area contributed by atoms with Gasteiger partial charge in [0.15, 0.2) is 0 Å². The summed E-state index contributed by atoms with van der Waals surface area (Å²) in [6.45, 7) is 11.6. The Morgan fingerprint density at radius 2 is 1.68 bits per heavy atom. The van der Waals surface area contributed by atoms with Crippen LogP contribution in [0.4, 0.5) is 11.6 Å². The standard InChI is InChI=1S/C20H29N7O/c1-11-13(3)21-15(5)23-17(11)24-16-8-9-27(10-16)19-12(2)14(4)22-18(25-19)20(28)26(6)7/h16H,8-10H2,1-7H3,(H,21,23,24)/t16-/m1/s1. The lowest BCUT2D eigenvalue weighted by atomic mass is 10.2. The van der Waals surface area contributed by atoms with E-state index < -0.39 is 0 Å². The van der Waals surface area contributed by atoms with Crippen molar-refractivity contribution in [3.8, 4) is 0 Å². The van der Waals surface area contributed by atoms with Gasteiger partial charge in [0.1, 0.15) is 17.5 Å². The van der Waals surface area contributed by atoms with Crippen LogP contribution in [0.2, 0.25) is 0 Å². The molecular formula is C20H29N7O. The SMILES string of the molecule is Cc1nc(C)c(C)c(N[C@@H]2CCN(c3nc(C(=O)N(C)C)nc(C)c3C)C2)n1. The fourth-order valence-corrected chi connectivity index (χ4v) is 3.39. The van der Waals surface area contributed by atoms with Crippen molar-refractivity contribution in [3.05, 3.63) is 34.2 Å². The van der Waals surface area contributed by atoms with E-state index in [1.54, 1.807) is 14.1 Å². The molecule has 0 aromatic carbocycles. The molecule has 3 heterocycles. The Balaban J connectivity index is 1.81. The number of carbonyl (C=O) groups is 1. The summed E-state index contributed by atoms with van der Waals surface area (Å²) < 4.78 is 0. The molecule has 0 saturated carbocycles. The molecule has 0 bridgehead atoms. The second kappa shape index (κ2) is 7.69. The van der Waals surface area contributed by atoms with Gasteiger partial charge in [0.2, 0.25) is 5.82 Å². The minimum Gasteiger partial charge on any atom is -0.365 e. The number of amides is 1. The Kier molecular flexibility index (Phi) is 5.49. The van der Waals surface area contributed by atoms with Gasteiger partial charge in [-0.15, -0.1) is 0 Å². The maximum Gasteiger partial charge on any atom is 0.291 e. The number of carbonyl (C=O) groups excluding carboxylic acids is 1. The van der Waals surface area contributed by atoms with Crippen molar-refractivity contribution in [1.29, 1.82) is 0 Å². The third kappa shape index (κ3) is 3.90. The van der Waals surface area contributed by atoms with Crippen molar-refractivity contribution in [2.24, 2.45) is 0 Å². The van der Waals surface area contributed by atoms with E-state index in [1.165, 1.54) is 4.90 Å². The Morgan fingerprint density at radius 3 is 2.36 bits per heavy atom. The second-order valence-electron chi connectivity index (χ2n) is 7.69. The molecule has 150 valence electrons. The maximum atomic E-state index is 12.3. The van der Waals surface area contributed by atoms with Crippen LogP contribution in [0, 0.1) is 34.6 Å². The van der Waals surface area contributed by atoms with Gasteiger partial charge in [-0.3, -0.25) is 4.79 Å². The summed E-state index contributed by atoms with van der Waals surface area (Å²) in [7, 11) is 3.43. The highest BCUT2D eigenvalue weighted by Crippen LogP contribution is 2.26. The summed E-state index contributed by atoms with van der Waals surface area (Å²) in [5.41, 5.74) is 3.93. The molecule has 8 nitrogen and oxygen atoms in total. The zero-order chi connectivity index (χ0) is 20.6. The number of aromatic nitrogens is 4. The van der Waals surface area contributed by atoms with Gasteiger partial charge in [-0.25, -0.2) is 19.9 Å². The fraction of sp³-hybridized carbons (Fsp3) is 0.550. The van der Waals surface area contributed by atoms with Crippen molar-refractivity contribution in [2.45, 2.75) is 47.1 Å². The van der Waals surface area contributed by atoms with Crippen LogP contribution >= 0.6 is 0 Å². The van der Waals surface area contributed by atoms with Gasteiger partial charge < -0.3 is 15.1 Å². The van der Waals surface area contributed by atoms with Crippen LogP contribution in [0.3, 0.4) is 0 Å². The number of hydrogen-bond acceptors (Lipinski definition) is 7. The number of hydrogen-bond donors (Lipinski definition) is 1. The van der Waals surface area contributed by atoms with Crippen LogP contribution in [-0.2, 0) is 0 Å². The molecule has 2 aromatic rings. The normalized spacial score (nSPS) is 16.4. The molecule has 0 spiro atoms. The first-order valence-corrected chi connectivity index (χ1v) is 9.57. The lowest BCUT2D eigenvalue weighted by Gasteiger charge is -2.22. The molecule has 1 aliphatic rings. The molecule has 1 amide bonds. The molecular weight excluding hydrogens is 354 g/mol. The molecule has 1 aliphatic heterocycles. The first kappa shape index (κ1) is 20.0. The minimum absolute atomic E-state index is 0.180. The second-order valence-corrected chi connectivity index (χ2v) is 7.69. The highest BCUT2D eigenvalue weighted by atomic mass is 16.2. The Hall–Kier alpha value is -2.77. The van der Waals surface area contributed by atoms with Gasteiger partial charge in [0.25, 0.3) is 5.91 Å².